The Hall–Kier alpha value is -4.62. The van der Waals surface area contributed by atoms with Crippen molar-refractivity contribution in [2.75, 3.05) is 11.9 Å². The molecule has 5 aromatic rings. The first-order valence-corrected chi connectivity index (χ1v) is 12.0. The molecule has 2 aromatic heterocycles. The third-order valence-corrected chi connectivity index (χ3v) is 6.24. The highest BCUT2D eigenvalue weighted by atomic mass is 35.5. The number of urea groups is 1. The number of nitrogens with zero attached hydrogens (tertiary/aromatic N) is 3. The van der Waals surface area contributed by atoms with Crippen molar-refractivity contribution < 1.29 is 9.90 Å². The van der Waals surface area contributed by atoms with Crippen LogP contribution in [0.4, 0.5) is 16.2 Å². The first-order chi connectivity index (χ1) is 18.0. The van der Waals surface area contributed by atoms with Gasteiger partial charge in [0.2, 0.25) is 0 Å². The molecule has 7 nitrogen and oxygen atoms in total. The molecule has 0 aliphatic rings. The van der Waals surface area contributed by atoms with Crippen molar-refractivity contribution in [3.63, 3.8) is 0 Å². The van der Waals surface area contributed by atoms with E-state index in [1.165, 1.54) is 0 Å². The molecule has 2 heterocycles. The summed E-state index contributed by atoms with van der Waals surface area (Å²) < 4.78 is 0. The Bertz CT molecular complexity index is 1570. The van der Waals surface area contributed by atoms with Crippen molar-refractivity contribution in [1.29, 1.82) is 0 Å². The largest absolute Gasteiger partial charge is 0.494 e. The zero-order chi connectivity index (χ0) is 25.8. The van der Waals surface area contributed by atoms with Gasteiger partial charge in [-0.15, -0.1) is 0 Å². The van der Waals surface area contributed by atoms with Gasteiger partial charge in [-0.3, -0.25) is 9.88 Å². The van der Waals surface area contributed by atoms with E-state index >= 15 is 0 Å². The number of carbonyl (C=O) groups is 1. The zero-order valence-electron chi connectivity index (χ0n) is 20.0. The normalized spacial score (nSPS) is 11.5. The average molecular weight is 510 g/mol. The van der Waals surface area contributed by atoms with E-state index < -0.39 is 0 Å². The van der Waals surface area contributed by atoms with E-state index in [1.807, 2.05) is 72.8 Å². The summed E-state index contributed by atoms with van der Waals surface area (Å²) in [5.74, 6) is 0.0158. The highest BCUT2D eigenvalue weighted by molar-refractivity contribution is 6.31. The SMILES string of the molecule is CN(C(=O)NCc1ccncc1)c1ccc(N=C(c2ccccc2)c2c(O)[nH]c3cc(Cl)ccc23)cc1. The molecular formula is C29H24ClN5O2. The van der Waals surface area contributed by atoms with Gasteiger partial charge in [-0.25, -0.2) is 9.79 Å². The number of anilines is 1. The molecule has 5 rings (SSSR count). The van der Waals surface area contributed by atoms with Crippen LogP contribution >= 0.6 is 11.6 Å². The molecule has 184 valence electrons. The lowest BCUT2D eigenvalue weighted by Gasteiger charge is -2.18. The summed E-state index contributed by atoms with van der Waals surface area (Å²) in [6.07, 6.45) is 3.39. The minimum atomic E-state index is -0.222. The molecule has 0 saturated heterocycles. The van der Waals surface area contributed by atoms with Gasteiger partial charge in [0.15, 0.2) is 5.88 Å². The molecule has 0 unspecified atom stereocenters. The van der Waals surface area contributed by atoms with Crippen molar-refractivity contribution in [2.24, 2.45) is 4.99 Å². The van der Waals surface area contributed by atoms with E-state index in [9.17, 15) is 9.90 Å². The Morgan fingerprint density at radius 2 is 1.76 bits per heavy atom. The fourth-order valence-electron chi connectivity index (χ4n) is 4.05. The number of pyridine rings is 1. The molecule has 0 saturated carbocycles. The lowest BCUT2D eigenvalue weighted by molar-refractivity contribution is 0.247. The molecular weight excluding hydrogens is 486 g/mol. The highest BCUT2D eigenvalue weighted by Crippen LogP contribution is 2.33. The first kappa shape index (κ1) is 24.1. The lowest BCUT2D eigenvalue weighted by atomic mass is 10.0. The van der Waals surface area contributed by atoms with Crippen LogP contribution in [-0.2, 0) is 6.54 Å². The van der Waals surface area contributed by atoms with Crippen LogP contribution in [0.2, 0.25) is 5.02 Å². The van der Waals surface area contributed by atoms with Crippen molar-refractivity contribution in [3.05, 3.63) is 119 Å². The molecule has 8 heteroatoms. The summed E-state index contributed by atoms with van der Waals surface area (Å²) in [6, 6.07) is 25.9. The van der Waals surface area contributed by atoms with E-state index in [2.05, 4.69) is 15.3 Å². The predicted octanol–water partition coefficient (Wildman–Crippen LogP) is 6.44. The lowest BCUT2D eigenvalue weighted by Crippen LogP contribution is -2.36. The fourth-order valence-corrected chi connectivity index (χ4v) is 4.22. The maximum Gasteiger partial charge on any atom is 0.321 e. The fraction of sp³-hybridized carbons (Fsp3) is 0.0690. The van der Waals surface area contributed by atoms with Gasteiger partial charge >= 0.3 is 6.03 Å². The van der Waals surface area contributed by atoms with E-state index in [1.54, 1.807) is 36.5 Å². The van der Waals surface area contributed by atoms with Crippen molar-refractivity contribution in [2.45, 2.75) is 6.54 Å². The van der Waals surface area contributed by atoms with Crippen LogP contribution in [0.15, 0.2) is 102 Å². The first-order valence-electron chi connectivity index (χ1n) is 11.6. The molecule has 0 bridgehead atoms. The van der Waals surface area contributed by atoms with Crippen LogP contribution in [0.1, 0.15) is 16.7 Å². The van der Waals surface area contributed by atoms with Crippen LogP contribution in [0.3, 0.4) is 0 Å². The minimum Gasteiger partial charge on any atom is -0.494 e. The summed E-state index contributed by atoms with van der Waals surface area (Å²) in [6.45, 7) is 0.411. The van der Waals surface area contributed by atoms with Gasteiger partial charge in [0.05, 0.1) is 22.5 Å². The van der Waals surface area contributed by atoms with Gasteiger partial charge in [-0.05, 0) is 54.1 Å². The number of aliphatic imine (C=N–C) groups is 1. The number of hydrogen-bond donors (Lipinski definition) is 3. The van der Waals surface area contributed by atoms with Gasteiger partial charge in [0.25, 0.3) is 0 Å². The third kappa shape index (κ3) is 5.32. The number of benzene rings is 3. The molecule has 0 spiro atoms. The van der Waals surface area contributed by atoms with Gasteiger partial charge in [-0.2, -0.15) is 0 Å². The highest BCUT2D eigenvalue weighted by Gasteiger charge is 2.19. The minimum absolute atomic E-state index is 0.0158. The second kappa shape index (κ2) is 10.6. The molecule has 0 aliphatic heterocycles. The monoisotopic (exact) mass is 509 g/mol. The molecule has 0 aliphatic carbocycles. The summed E-state index contributed by atoms with van der Waals surface area (Å²) in [5.41, 5.74) is 5.15. The molecule has 2 amide bonds. The van der Waals surface area contributed by atoms with E-state index in [0.717, 1.165) is 27.7 Å². The van der Waals surface area contributed by atoms with Crippen LogP contribution in [0.5, 0.6) is 5.88 Å². The number of halogens is 1. The number of aromatic hydroxyl groups is 1. The number of carbonyl (C=O) groups excluding carboxylic acids is 1. The Morgan fingerprint density at radius 1 is 1.03 bits per heavy atom. The average Bonchev–Trinajstić information content (AvgIpc) is 3.25. The quantitative estimate of drug-likeness (QED) is 0.230. The smallest absolute Gasteiger partial charge is 0.321 e. The number of fused-ring (bicyclic) bond motifs is 1. The summed E-state index contributed by atoms with van der Waals surface area (Å²) in [4.78, 5) is 26.1. The number of amides is 2. The van der Waals surface area contributed by atoms with Crippen molar-refractivity contribution in [1.82, 2.24) is 15.3 Å². The maximum atomic E-state index is 12.6. The standard InChI is InChI=1S/C29H24ClN5O2/c1-35(29(37)32-18-19-13-15-31-16-14-19)23-10-8-22(9-11-23)33-27(20-5-3-2-4-6-20)26-24-12-7-21(30)17-25(24)34-28(26)36/h2-17,34,36H,18H2,1H3,(H,32,37). The zero-order valence-corrected chi connectivity index (χ0v) is 20.8. The Balaban J connectivity index is 1.44. The number of hydrogen-bond acceptors (Lipinski definition) is 4. The van der Waals surface area contributed by atoms with Gasteiger partial charge in [0, 0.05) is 47.6 Å². The number of H-pyrrole nitrogens is 1. The van der Waals surface area contributed by atoms with Gasteiger partial charge in [0.1, 0.15) is 0 Å². The topological polar surface area (TPSA) is 93.6 Å². The predicted molar refractivity (Wildman–Crippen MR) is 148 cm³/mol. The Kier molecular flexibility index (Phi) is 6.87. The van der Waals surface area contributed by atoms with Gasteiger partial charge < -0.3 is 15.4 Å². The number of aromatic nitrogens is 2. The van der Waals surface area contributed by atoms with Crippen LogP contribution in [0.25, 0.3) is 10.9 Å². The molecule has 3 aromatic carbocycles. The number of rotatable bonds is 6. The number of nitrogens with one attached hydrogen (secondary N) is 2. The third-order valence-electron chi connectivity index (χ3n) is 6.00. The van der Waals surface area contributed by atoms with Crippen LogP contribution in [0, 0.1) is 0 Å². The molecule has 0 fully saturated rings. The Morgan fingerprint density at radius 3 is 2.49 bits per heavy atom. The molecule has 0 atom stereocenters. The van der Waals surface area contributed by atoms with Crippen molar-refractivity contribution >= 4 is 45.6 Å². The Labute approximate surface area is 219 Å². The number of aromatic amines is 1. The molecule has 0 radical (unpaired) electrons. The summed E-state index contributed by atoms with van der Waals surface area (Å²) >= 11 is 6.15. The summed E-state index contributed by atoms with van der Waals surface area (Å²) in [7, 11) is 1.71. The van der Waals surface area contributed by atoms with Gasteiger partial charge in [-0.1, -0.05) is 48.0 Å². The van der Waals surface area contributed by atoms with E-state index in [-0.39, 0.29) is 11.9 Å². The van der Waals surface area contributed by atoms with Crippen LogP contribution < -0.4 is 10.2 Å². The van der Waals surface area contributed by atoms with E-state index in [4.69, 9.17) is 16.6 Å². The second-order valence-electron chi connectivity index (χ2n) is 8.45. The van der Waals surface area contributed by atoms with Crippen molar-refractivity contribution in [3.8, 4) is 5.88 Å². The summed E-state index contributed by atoms with van der Waals surface area (Å²) in [5, 5.41) is 15.1. The van der Waals surface area contributed by atoms with E-state index in [0.29, 0.717) is 28.5 Å². The second-order valence-corrected chi connectivity index (χ2v) is 8.89. The maximum absolute atomic E-state index is 12.6. The van der Waals surface area contributed by atoms with Crippen LogP contribution in [-0.4, -0.2) is 33.9 Å². The molecule has 37 heavy (non-hydrogen) atoms. The molecule has 3 N–H and O–H groups in total.